The molecule has 17 rings (SSSR count). The van der Waals surface area contributed by atoms with Gasteiger partial charge in [-0.15, -0.1) is 0 Å². The van der Waals surface area contributed by atoms with Gasteiger partial charge in [-0.2, -0.15) is 0 Å². The number of carbonyl (C=O) groups is 2. The Morgan fingerprint density at radius 1 is 0.385 bits per heavy atom. The largest absolute Gasteiger partial charge is 0.340 e. The minimum Gasteiger partial charge on any atom is -0.340 e. The van der Waals surface area contributed by atoms with Gasteiger partial charge in [-0.05, 0) is 185 Å². The molecular weight excluding hydrogens is 1110 g/mol. The topological polar surface area (TPSA) is 45.6 Å². The lowest BCUT2D eigenvalue weighted by molar-refractivity contribution is 0.0892. The zero-order chi connectivity index (χ0) is 62.4. The minimum atomic E-state index is -0.263. The molecule has 0 fully saturated rings. The van der Waals surface area contributed by atoms with Crippen molar-refractivity contribution in [3.8, 4) is 0 Å². The second-order valence-electron chi connectivity index (χ2n) is 29.2. The van der Waals surface area contributed by atoms with Gasteiger partial charge in [0.25, 0.3) is 11.8 Å². The van der Waals surface area contributed by atoms with Gasteiger partial charge in [-0.1, -0.05) is 235 Å². The molecule has 1 aliphatic heterocycles. The first-order valence-corrected chi connectivity index (χ1v) is 33.3. The lowest BCUT2D eigenvalue weighted by atomic mass is 9.83. The third-order valence-electron chi connectivity index (χ3n) is 21.0. The molecule has 5 heteroatoms. The summed E-state index contributed by atoms with van der Waals surface area (Å²) in [4.78, 5) is 34.7. The van der Waals surface area contributed by atoms with E-state index in [9.17, 15) is 0 Å². The van der Waals surface area contributed by atoms with E-state index in [1.807, 2.05) is 12.1 Å². The fourth-order valence-electron chi connectivity index (χ4n) is 16.4. The molecule has 446 valence electrons. The summed E-state index contributed by atoms with van der Waals surface area (Å²) >= 11 is 0. The van der Waals surface area contributed by atoms with Gasteiger partial charge in [0.15, 0.2) is 0 Å². The van der Waals surface area contributed by atoms with Crippen LogP contribution in [-0.4, -0.2) is 16.4 Å². The Labute approximate surface area is 531 Å². The highest BCUT2D eigenvalue weighted by Gasteiger charge is 2.38. The first kappa shape index (κ1) is 55.5. The Bertz CT molecular complexity index is 5530. The molecule has 0 spiro atoms. The van der Waals surface area contributed by atoms with Crippen molar-refractivity contribution in [2.75, 3.05) is 9.80 Å². The summed E-state index contributed by atoms with van der Waals surface area (Å²) in [7, 11) is 0. The van der Waals surface area contributed by atoms with Crippen molar-refractivity contribution >= 4 is 164 Å². The van der Waals surface area contributed by atoms with Crippen LogP contribution in [0.25, 0.3) is 130 Å². The van der Waals surface area contributed by atoms with Crippen LogP contribution in [0.5, 0.6) is 0 Å². The molecule has 0 saturated carbocycles. The number of fused-ring (bicyclic) bond motifs is 6. The summed E-state index contributed by atoms with van der Waals surface area (Å²) in [6, 6.07) is 69.0. The minimum absolute atomic E-state index is 0.00392. The Kier molecular flexibility index (Phi) is 12.0. The summed E-state index contributed by atoms with van der Waals surface area (Å²) in [5.41, 5.74) is 12.3. The average molecular weight is 1180 g/mol. The van der Waals surface area contributed by atoms with E-state index >= 15 is 9.59 Å². The van der Waals surface area contributed by atoms with Crippen molar-refractivity contribution in [2.24, 2.45) is 0 Å². The molecule has 0 unspecified atom stereocenters. The van der Waals surface area contributed by atoms with Crippen molar-refractivity contribution in [2.45, 2.75) is 131 Å². The molecule has 0 N–H and O–H groups in total. The zero-order valence-electron chi connectivity index (χ0n) is 54.2. The maximum absolute atomic E-state index is 15.3. The molecule has 5 nitrogen and oxygen atoms in total. The maximum atomic E-state index is 15.3. The van der Waals surface area contributed by atoms with E-state index in [1.165, 1.54) is 120 Å². The van der Waals surface area contributed by atoms with E-state index in [0.717, 1.165) is 92.0 Å². The van der Waals surface area contributed by atoms with Gasteiger partial charge in [0.05, 0.1) is 28.1 Å². The highest BCUT2D eigenvalue weighted by atomic mass is 16.2. The summed E-state index contributed by atoms with van der Waals surface area (Å²) in [5.74, 6) is -0.311. The third-order valence-corrected chi connectivity index (χ3v) is 21.0. The number of aryl methyl sites for hydroxylation is 1. The van der Waals surface area contributed by atoms with E-state index in [-0.39, 0.29) is 34.5 Å². The molecule has 1 aliphatic rings. The second-order valence-corrected chi connectivity index (χ2v) is 29.2. The van der Waals surface area contributed by atoms with Gasteiger partial charge >= 0.3 is 0 Å². The van der Waals surface area contributed by atoms with E-state index < -0.39 is 0 Å². The van der Waals surface area contributed by atoms with Gasteiger partial charge in [-0.3, -0.25) is 9.59 Å². The highest BCUT2D eigenvalue weighted by molar-refractivity contribution is 6.44. The number of amides is 2. The SMILES string of the molecule is CCCCCCn1c2cc(N(c3ccc4ccc5cc(C(C)(C)C)cc6ccc3c4c56)c3ccc4ccc5cc(C(C)(C)C)cc6ccc3c4c56)ccc2c2c3cccc4c5ccc6c7c(ccc(c(cc21)c43)c75)C(=O)N(c1c(C(C)C)cccc1C(C)C)C6=O. The van der Waals surface area contributed by atoms with Crippen LogP contribution in [0, 0.1) is 0 Å². The van der Waals surface area contributed by atoms with Crippen molar-refractivity contribution < 1.29 is 9.59 Å². The van der Waals surface area contributed by atoms with Gasteiger partial charge in [0.1, 0.15) is 0 Å². The second kappa shape index (κ2) is 19.7. The van der Waals surface area contributed by atoms with Crippen molar-refractivity contribution in [3.05, 3.63) is 215 Å². The molecule has 2 amide bonds. The fourth-order valence-corrected chi connectivity index (χ4v) is 16.4. The number of para-hydroxylation sites is 1. The van der Waals surface area contributed by atoms with Gasteiger partial charge in [-0.25, -0.2) is 4.90 Å². The Hall–Kier alpha value is -9.58. The maximum Gasteiger partial charge on any atom is 0.266 e. The first-order valence-electron chi connectivity index (χ1n) is 33.3. The molecule has 1 aromatic heterocycles. The van der Waals surface area contributed by atoms with Crippen LogP contribution >= 0.6 is 0 Å². The zero-order valence-corrected chi connectivity index (χ0v) is 54.2. The van der Waals surface area contributed by atoms with Crippen LogP contribution in [-0.2, 0) is 17.4 Å². The Morgan fingerprint density at radius 2 is 0.857 bits per heavy atom. The number of nitrogens with zero attached hydrogens (tertiary/aromatic N) is 3. The van der Waals surface area contributed by atoms with Crippen LogP contribution in [0.3, 0.4) is 0 Å². The predicted octanol–water partition coefficient (Wildman–Crippen LogP) is 24.3. The van der Waals surface area contributed by atoms with E-state index in [2.05, 4.69) is 255 Å². The number of unbranched alkanes of at least 4 members (excludes halogenated alkanes) is 3. The quantitative estimate of drug-likeness (QED) is 0.0561. The number of imide groups is 1. The van der Waals surface area contributed by atoms with Gasteiger partial charge in [0.2, 0.25) is 0 Å². The highest BCUT2D eigenvalue weighted by Crippen LogP contribution is 2.53. The Balaban J connectivity index is 0.927. The smallest absolute Gasteiger partial charge is 0.266 e. The van der Waals surface area contributed by atoms with E-state index in [1.54, 1.807) is 0 Å². The van der Waals surface area contributed by atoms with E-state index in [0.29, 0.717) is 11.1 Å². The van der Waals surface area contributed by atoms with Gasteiger partial charge < -0.3 is 9.47 Å². The summed E-state index contributed by atoms with van der Waals surface area (Å²) in [6.07, 6.45) is 4.49. The lowest BCUT2D eigenvalue weighted by Gasteiger charge is -2.32. The summed E-state index contributed by atoms with van der Waals surface area (Å²) in [5, 5.41) is 26.2. The van der Waals surface area contributed by atoms with Crippen LogP contribution in [0.15, 0.2) is 182 Å². The predicted molar refractivity (Wildman–Crippen MR) is 390 cm³/mol. The Morgan fingerprint density at radius 3 is 1.40 bits per heavy atom. The number of aromatic nitrogens is 1. The molecule has 0 saturated heterocycles. The number of carbonyl (C=O) groups excluding carboxylic acids is 2. The molecule has 2 heterocycles. The van der Waals surface area contributed by atoms with Crippen LogP contribution < -0.4 is 9.80 Å². The number of benzene rings is 15. The third kappa shape index (κ3) is 7.95. The molecular formula is C86H75N3O2. The molecule has 0 radical (unpaired) electrons. The number of hydrogen-bond acceptors (Lipinski definition) is 3. The normalized spacial score (nSPS) is 13.7. The standard InChI is InChI=1S/C86H75N3O2/c1-12-13-14-15-40-87-72-45-57(30-33-65(72)79-66-21-17-20-60-61-34-36-67-81-68(37-35-62(80(61)81)69(78(60)66)46-73(79)87)84(91)89(83(67)90)82-58(47(2)3)18-16-19-59(82)48(4)5)88(70-38-28-49-22-24-51-41-55(85(6,7)8)43-53-26-31-63(70)76(49)74(51)53)71-39-29-50-23-25-52-42-56(86(9,10)11)44-54-27-32-64(71)77(50)75(52)54/h16-39,41-48H,12-15,40H2,1-11H3. The fraction of sp³-hybridized carbons (Fsp3) is 0.233. The summed E-state index contributed by atoms with van der Waals surface area (Å²) < 4.78 is 2.63. The van der Waals surface area contributed by atoms with Gasteiger partial charge in [0, 0.05) is 50.3 Å². The van der Waals surface area contributed by atoms with Crippen LogP contribution in [0.1, 0.15) is 157 Å². The number of hydrogen-bond donors (Lipinski definition) is 0. The number of anilines is 4. The van der Waals surface area contributed by atoms with E-state index in [4.69, 9.17) is 0 Å². The molecule has 0 aliphatic carbocycles. The van der Waals surface area contributed by atoms with Crippen molar-refractivity contribution in [1.29, 1.82) is 0 Å². The molecule has 0 atom stereocenters. The molecule has 91 heavy (non-hydrogen) atoms. The van der Waals surface area contributed by atoms with Crippen molar-refractivity contribution in [1.82, 2.24) is 4.57 Å². The monoisotopic (exact) mass is 1180 g/mol. The molecule has 16 aromatic rings. The lowest BCUT2D eigenvalue weighted by Crippen LogP contribution is -2.41. The average Bonchev–Trinajstić information content (AvgIpc) is 1.68. The van der Waals surface area contributed by atoms with Crippen molar-refractivity contribution in [3.63, 3.8) is 0 Å². The first-order chi connectivity index (χ1) is 43.9. The summed E-state index contributed by atoms with van der Waals surface area (Å²) in [6.45, 7) is 25.6. The number of rotatable bonds is 11. The van der Waals surface area contributed by atoms with Crippen LogP contribution in [0.2, 0.25) is 0 Å². The van der Waals surface area contributed by atoms with Crippen LogP contribution in [0.4, 0.5) is 22.7 Å². The molecule has 15 aromatic carbocycles. The molecule has 0 bridgehead atoms.